The highest BCUT2D eigenvalue weighted by Crippen LogP contribution is 2.25. The minimum absolute atomic E-state index is 0.102. The largest absolute Gasteiger partial charge is 0.481 e. The van der Waals surface area contributed by atoms with Crippen molar-refractivity contribution in [3.63, 3.8) is 0 Å². The number of amides is 1. The van der Waals surface area contributed by atoms with Crippen LogP contribution in [0.5, 0.6) is 0 Å². The molecule has 1 saturated heterocycles. The molecule has 1 unspecified atom stereocenters. The maximum absolute atomic E-state index is 11.9. The number of aromatic nitrogens is 1. The first-order chi connectivity index (χ1) is 11.0. The number of piperidine rings is 1. The van der Waals surface area contributed by atoms with Gasteiger partial charge in [-0.1, -0.05) is 6.07 Å². The molecule has 2 heterocycles. The van der Waals surface area contributed by atoms with Gasteiger partial charge in [0.1, 0.15) is 0 Å². The molecular formula is C17H25N3O3. The minimum Gasteiger partial charge on any atom is -0.481 e. The number of hydrogen-bond donors (Lipinski definition) is 1. The van der Waals surface area contributed by atoms with Gasteiger partial charge in [-0.3, -0.25) is 19.5 Å². The van der Waals surface area contributed by atoms with E-state index in [-0.39, 0.29) is 12.3 Å². The van der Waals surface area contributed by atoms with Gasteiger partial charge in [-0.05, 0) is 31.5 Å². The number of aryl methyl sites for hydroxylation is 1. The normalized spacial score (nSPS) is 18.6. The van der Waals surface area contributed by atoms with Gasteiger partial charge in [0.05, 0.1) is 13.0 Å². The molecule has 1 aliphatic rings. The highest BCUT2D eigenvalue weighted by Gasteiger charge is 2.24. The van der Waals surface area contributed by atoms with E-state index in [9.17, 15) is 9.59 Å². The standard InChI is InChI=1S/C17H25N3O3/c1-19(2)16(21)12-20-10-4-5-13(11-20)15-7-3-6-14(18-15)8-9-17(22)23/h3,6-7,13H,4-5,8-12H2,1-2H3,(H,22,23). The van der Waals surface area contributed by atoms with Crippen LogP contribution in [-0.4, -0.2) is 65.5 Å². The molecule has 126 valence electrons. The Kier molecular flexibility index (Phi) is 6.10. The monoisotopic (exact) mass is 319 g/mol. The van der Waals surface area contributed by atoms with Crippen LogP contribution in [0.25, 0.3) is 0 Å². The molecule has 1 amide bonds. The van der Waals surface area contributed by atoms with Crippen molar-refractivity contribution in [1.29, 1.82) is 0 Å². The quantitative estimate of drug-likeness (QED) is 0.857. The smallest absolute Gasteiger partial charge is 0.303 e. The molecule has 0 spiro atoms. The van der Waals surface area contributed by atoms with E-state index >= 15 is 0 Å². The first-order valence-electron chi connectivity index (χ1n) is 8.06. The number of rotatable bonds is 6. The Hall–Kier alpha value is -1.95. The number of carboxylic acids is 1. The van der Waals surface area contributed by atoms with Gasteiger partial charge in [0.15, 0.2) is 0 Å². The van der Waals surface area contributed by atoms with E-state index < -0.39 is 5.97 Å². The van der Waals surface area contributed by atoms with Crippen LogP contribution in [0.15, 0.2) is 18.2 Å². The van der Waals surface area contributed by atoms with Crippen LogP contribution >= 0.6 is 0 Å². The number of likely N-dealkylation sites (tertiary alicyclic amines) is 1. The number of nitrogens with zero attached hydrogens (tertiary/aromatic N) is 3. The molecule has 0 bridgehead atoms. The van der Waals surface area contributed by atoms with Crippen LogP contribution < -0.4 is 0 Å². The molecule has 0 radical (unpaired) electrons. The van der Waals surface area contributed by atoms with Crippen molar-refractivity contribution in [1.82, 2.24) is 14.8 Å². The molecule has 6 nitrogen and oxygen atoms in total. The highest BCUT2D eigenvalue weighted by atomic mass is 16.4. The van der Waals surface area contributed by atoms with E-state index in [4.69, 9.17) is 5.11 Å². The second-order valence-corrected chi connectivity index (χ2v) is 6.31. The molecule has 0 aromatic carbocycles. The van der Waals surface area contributed by atoms with E-state index in [1.807, 2.05) is 18.2 Å². The summed E-state index contributed by atoms with van der Waals surface area (Å²) in [5, 5.41) is 8.79. The van der Waals surface area contributed by atoms with Crippen LogP contribution in [-0.2, 0) is 16.0 Å². The fourth-order valence-electron chi connectivity index (χ4n) is 2.87. The Morgan fingerprint density at radius 1 is 1.39 bits per heavy atom. The van der Waals surface area contributed by atoms with Crippen molar-refractivity contribution in [2.75, 3.05) is 33.7 Å². The number of hydrogen-bond acceptors (Lipinski definition) is 4. The van der Waals surface area contributed by atoms with Crippen molar-refractivity contribution in [3.8, 4) is 0 Å². The van der Waals surface area contributed by atoms with E-state index in [1.54, 1.807) is 19.0 Å². The Morgan fingerprint density at radius 2 is 2.17 bits per heavy atom. The zero-order chi connectivity index (χ0) is 16.8. The molecule has 23 heavy (non-hydrogen) atoms. The van der Waals surface area contributed by atoms with Gasteiger partial charge < -0.3 is 10.0 Å². The van der Waals surface area contributed by atoms with Crippen LogP contribution in [0.1, 0.15) is 36.6 Å². The summed E-state index contributed by atoms with van der Waals surface area (Å²) in [7, 11) is 3.55. The van der Waals surface area contributed by atoms with Gasteiger partial charge in [-0.15, -0.1) is 0 Å². The van der Waals surface area contributed by atoms with E-state index in [0.29, 0.717) is 18.9 Å². The maximum Gasteiger partial charge on any atom is 0.303 e. The lowest BCUT2D eigenvalue weighted by Gasteiger charge is -2.32. The molecule has 1 atom stereocenters. The SMILES string of the molecule is CN(C)C(=O)CN1CCCC(c2cccc(CCC(=O)O)n2)C1. The molecule has 1 aliphatic heterocycles. The second kappa shape index (κ2) is 8.06. The van der Waals surface area contributed by atoms with E-state index in [1.165, 1.54) is 0 Å². The van der Waals surface area contributed by atoms with Crippen LogP contribution in [0.3, 0.4) is 0 Å². The Labute approximate surface area is 137 Å². The first-order valence-corrected chi connectivity index (χ1v) is 8.06. The number of carbonyl (C=O) groups excluding carboxylic acids is 1. The average molecular weight is 319 g/mol. The van der Waals surface area contributed by atoms with Crippen molar-refractivity contribution in [2.24, 2.45) is 0 Å². The molecule has 1 aromatic rings. The molecule has 6 heteroatoms. The lowest BCUT2D eigenvalue weighted by Crippen LogP contribution is -2.41. The zero-order valence-electron chi connectivity index (χ0n) is 13.9. The summed E-state index contributed by atoms with van der Waals surface area (Å²) >= 11 is 0. The Morgan fingerprint density at radius 3 is 2.87 bits per heavy atom. The first kappa shape index (κ1) is 17.4. The number of pyridine rings is 1. The molecular weight excluding hydrogens is 294 g/mol. The summed E-state index contributed by atoms with van der Waals surface area (Å²) in [5.41, 5.74) is 1.83. The fraction of sp³-hybridized carbons (Fsp3) is 0.588. The van der Waals surface area contributed by atoms with Crippen molar-refractivity contribution in [2.45, 2.75) is 31.6 Å². The summed E-state index contributed by atoms with van der Waals surface area (Å²) < 4.78 is 0. The minimum atomic E-state index is -0.803. The molecule has 0 aliphatic carbocycles. The molecule has 1 aromatic heterocycles. The molecule has 2 rings (SSSR count). The van der Waals surface area contributed by atoms with Crippen molar-refractivity contribution in [3.05, 3.63) is 29.6 Å². The summed E-state index contributed by atoms with van der Waals surface area (Å²) in [5.74, 6) is -0.374. The second-order valence-electron chi connectivity index (χ2n) is 6.31. The molecule has 0 saturated carbocycles. The summed E-state index contributed by atoms with van der Waals surface area (Å²) in [4.78, 5) is 31.0. The van der Waals surface area contributed by atoms with Gasteiger partial charge in [0.2, 0.25) is 5.91 Å². The predicted octanol–water partition coefficient (Wildman–Crippen LogP) is 1.37. The van der Waals surface area contributed by atoms with Gasteiger partial charge in [0, 0.05) is 44.4 Å². The zero-order valence-corrected chi connectivity index (χ0v) is 13.9. The summed E-state index contributed by atoms with van der Waals surface area (Å²) in [6.45, 7) is 2.21. The number of likely N-dealkylation sites (N-methyl/N-ethyl adjacent to an activating group) is 1. The number of carboxylic acid groups (broad SMARTS) is 1. The topological polar surface area (TPSA) is 73.7 Å². The molecule has 1 N–H and O–H groups in total. The van der Waals surface area contributed by atoms with Crippen LogP contribution in [0.2, 0.25) is 0 Å². The van der Waals surface area contributed by atoms with Crippen LogP contribution in [0.4, 0.5) is 0 Å². The van der Waals surface area contributed by atoms with Crippen molar-refractivity contribution < 1.29 is 14.7 Å². The third kappa shape index (κ3) is 5.32. The van der Waals surface area contributed by atoms with Gasteiger partial charge in [0.25, 0.3) is 0 Å². The molecule has 1 fully saturated rings. The van der Waals surface area contributed by atoms with Crippen LogP contribution in [0, 0.1) is 0 Å². The highest BCUT2D eigenvalue weighted by molar-refractivity contribution is 5.77. The maximum atomic E-state index is 11.9. The fourth-order valence-corrected chi connectivity index (χ4v) is 2.87. The van der Waals surface area contributed by atoms with Gasteiger partial charge in [-0.2, -0.15) is 0 Å². The Bertz CT molecular complexity index is 560. The third-order valence-corrected chi connectivity index (χ3v) is 4.20. The van der Waals surface area contributed by atoms with E-state index in [2.05, 4.69) is 9.88 Å². The van der Waals surface area contributed by atoms with Gasteiger partial charge >= 0.3 is 5.97 Å². The van der Waals surface area contributed by atoms with Crippen molar-refractivity contribution >= 4 is 11.9 Å². The van der Waals surface area contributed by atoms with Gasteiger partial charge in [-0.25, -0.2) is 0 Å². The lowest BCUT2D eigenvalue weighted by molar-refractivity contribution is -0.137. The lowest BCUT2D eigenvalue weighted by atomic mass is 9.94. The number of aliphatic carboxylic acids is 1. The number of carbonyl (C=O) groups is 2. The predicted molar refractivity (Wildman–Crippen MR) is 87.3 cm³/mol. The third-order valence-electron chi connectivity index (χ3n) is 4.20. The average Bonchev–Trinajstić information content (AvgIpc) is 2.53. The van der Waals surface area contributed by atoms with E-state index in [0.717, 1.165) is 37.3 Å². The Balaban J connectivity index is 1.99. The summed E-state index contributed by atoms with van der Waals surface area (Å²) in [6, 6.07) is 5.83. The summed E-state index contributed by atoms with van der Waals surface area (Å²) in [6.07, 6.45) is 2.66.